The number of benzene rings is 1. The molecular formula is C21H31NO3. The van der Waals surface area contributed by atoms with Crippen LogP contribution < -0.4 is 5.32 Å². The van der Waals surface area contributed by atoms with E-state index in [9.17, 15) is 9.59 Å². The molecule has 4 nitrogen and oxygen atoms in total. The lowest BCUT2D eigenvalue weighted by Crippen LogP contribution is -2.36. The molecule has 0 bridgehead atoms. The molecule has 1 aliphatic carbocycles. The average molecular weight is 345 g/mol. The van der Waals surface area contributed by atoms with Gasteiger partial charge in [0.15, 0.2) is 0 Å². The van der Waals surface area contributed by atoms with Gasteiger partial charge in [0, 0.05) is 18.4 Å². The number of amides is 1. The summed E-state index contributed by atoms with van der Waals surface area (Å²) in [7, 11) is 0. The lowest BCUT2D eigenvalue weighted by atomic mass is 9.76. The molecule has 0 unspecified atom stereocenters. The fraction of sp³-hybridized carbons (Fsp3) is 0.619. The van der Waals surface area contributed by atoms with E-state index in [1.807, 2.05) is 30.3 Å². The van der Waals surface area contributed by atoms with Crippen molar-refractivity contribution < 1.29 is 14.3 Å². The van der Waals surface area contributed by atoms with E-state index in [2.05, 4.69) is 19.2 Å². The second-order valence-electron chi connectivity index (χ2n) is 7.21. The summed E-state index contributed by atoms with van der Waals surface area (Å²) in [6.07, 6.45) is 6.14. The second-order valence-corrected chi connectivity index (χ2v) is 7.21. The average Bonchev–Trinajstić information content (AvgIpc) is 2.60. The fourth-order valence-corrected chi connectivity index (χ4v) is 3.70. The summed E-state index contributed by atoms with van der Waals surface area (Å²) in [5, 5.41) is 2.98. The molecule has 0 aromatic heterocycles. The molecule has 1 amide bonds. The lowest BCUT2D eigenvalue weighted by molar-refractivity contribution is -0.126. The molecule has 25 heavy (non-hydrogen) atoms. The Hall–Kier alpha value is -1.84. The summed E-state index contributed by atoms with van der Waals surface area (Å²) in [5.41, 5.74) is 0.978. The number of carbonyl (C=O) groups is 2. The van der Waals surface area contributed by atoms with Gasteiger partial charge in [-0.2, -0.15) is 0 Å². The van der Waals surface area contributed by atoms with Crippen LogP contribution in [0, 0.1) is 11.8 Å². The Morgan fingerprint density at radius 1 is 1.28 bits per heavy atom. The summed E-state index contributed by atoms with van der Waals surface area (Å²) in [6, 6.07) is 9.75. The van der Waals surface area contributed by atoms with Crippen molar-refractivity contribution >= 4 is 11.9 Å². The van der Waals surface area contributed by atoms with Crippen molar-refractivity contribution in [3.8, 4) is 0 Å². The van der Waals surface area contributed by atoms with Crippen LogP contribution in [0.3, 0.4) is 0 Å². The van der Waals surface area contributed by atoms with Crippen molar-refractivity contribution in [1.29, 1.82) is 0 Å². The maximum absolute atomic E-state index is 12.1. The van der Waals surface area contributed by atoms with Crippen LogP contribution in [0.25, 0.3) is 0 Å². The highest BCUT2D eigenvalue weighted by atomic mass is 16.5. The van der Waals surface area contributed by atoms with Crippen LogP contribution in [0.4, 0.5) is 4.79 Å². The van der Waals surface area contributed by atoms with Crippen molar-refractivity contribution in [3.05, 3.63) is 35.9 Å². The zero-order valence-electron chi connectivity index (χ0n) is 15.5. The number of rotatable bonds is 8. The Labute approximate surface area is 151 Å². The number of Topliss-reactive ketones (excluding diaryl/α,β-unsaturated/α-hetero) is 1. The quantitative estimate of drug-likeness (QED) is 0.731. The summed E-state index contributed by atoms with van der Waals surface area (Å²) in [6.45, 7) is 4.57. The molecule has 4 heteroatoms. The van der Waals surface area contributed by atoms with E-state index in [-0.39, 0.29) is 24.7 Å². The fourth-order valence-electron chi connectivity index (χ4n) is 3.70. The molecule has 1 fully saturated rings. The zero-order valence-corrected chi connectivity index (χ0v) is 15.5. The monoisotopic (exact) mass is 345 g/mol. The highest BCUT2D eigenvalue weighted by Crippen LogP contribution is 2.30. The molecule has 0 saturated heterocycles. The van der Waals surface area contributed by atoms with Gasteiger partial charge in [0.25, 0.3) is 0 Å². The van der Waals surface area contributed by atoms with Gasteiger partial charge >= 0.3 is 6.09 Å². The first-order chi connectivity index (χ1) is 12.1. The van der Waals surface area contributed by atoms with E-state index in [1.165, 1.54) is 0 Å². The Balaban J connectivity index is 1.78. The van der Waals surface area contributed by atoms with Crippen molar-refractivity contribution in [2.24, 2.45) is 11.8 Å². The van der Waals surface area contributed by atoms with E-state index in [4.69, 9.17) is 4.74 Å². The molecule has 1 N–H and O–H groups in total. The summed E-state index contributed by atoms with van der Waals surface area (Å²) in [5.74, 6) is 1.03. The number of nitrogens with one attached hydrogen (secondary N) is 1. The standard InChI is InChI=1S/C21H31NO3/c1-3-8-18(13-14-19-16(2)9-7-12-20(19)23)22-21(24)25-15-17-10-5-4-6-11-17/h4-6,10-11,16,18-19H,3,7-9,12-15H2,1-2H3,(H,22,24)/t16-,18-,19+/m1/s1. The van der Waals surface area contributed by atoms with E-state index in [0.29, 0.717) is 11.7 Å². The SMILES string of the molecule is CCC[C@H](CC[C@@H]1C(=O)CCC[C@H]1C)NC(=O)OCc1ccccc1. The van der Waals surface area contributed by atoms with E-state index in [0.717, 1.165) is 50.5 Å². The van der Waals surface area contributed by atoms with Gasteiger partial charge in [-0.15, -0.1) is 0 Å². The molecule has 1 aliphatic rings. The zero-order chi connectivity index (χ0) is 18.1. The van der Waals surface area contributed by atoms with Gasteiger partial charge in [-0.3, -0.25) is 4.79 Å². The predicted molar refractivity (Wildman–Crippen MR) is 99.2 cm³/mol. The van der Waals surface area contributed by atoms with Gasteiger partial charge in [0.05, 0.1) is 0 Å². The second kappa shape index (κ2) is 10.2. The van der Waals surface area contributed by atoms with E-state index < -0.39 is 0 Å². The third-order valence-corrected chi connectivity index (χ3v) is 5.18. The molecule has 0 spiro atoms. The van der Waals surface area contributed by atoms with Gasteiger partial charge in [-0.1, -0.05) is 50.6 Å². The number of alkyl carbamates (subject to hydrolysis) is 1. The first kappa shape index (κ1) is 19.5. The highest BCUT2D eigenvalue weighted by Gasteiger charge is 2.29. The number of carbonyl (C=O) groups excluding carboxylic acids is 2. The normalized spacial score (nSPS) is 21.6. The maximum Gasteiger partial charge on any atom is 0.407 e. The number of ether oxygens (including phenoxy) is 1. The molecule has 0 radical (unpaired) electrons. The molecule has 0 heterocycles. The van der Waals surface area contributed by atoms with Crippen LogP contribution in [0.5, 0.6) is 0 Å². The van der Waals surface area contributed by atoms with Gasteiger partial charge in [-0.05, 0) is 43.6 Å². The lowest BCUT2D eigenvalue weighted by Gasteiger charge is -2.29. The number of hydrogen-bond donors (Lipinski definition) is 1. The summed E-state index contributed by atoms with van der Waals surface area (Å²) >= 11 is 0. The van der Waals surface area contributed by atoms with Crippen LogP contribution in [-0.4, -0.2) is 17.9 Å². The number of hydrogen-bond acceptors (Lipinski definition) is 3. The molecule has 3 atom stereocenters. The summed E-state index contributed by atoms with van der Waals surface area (Å²) < 4.78 is 5.32. The van der Waals surface area contributed by atoms with Crippen LogP contribution in [0.15, 0.2) is 30.3 Å². The molecule has 1 saturated carbocycles. The van der Waals surface area contributed by atoms with Crippen LogP contribution >= 0.6 is 0 Å². The Kier molecular flexibility index (Phi) is 7.96. The molecule has 2 rings (SSSR count). The number of ketones is 1. The Morgan fingerprint density at radius 2 is 2.04 bits per heavy atom. The van der Waals surface area contributed by atoms with Crippen LogP contribution in [0.2, 0.25) is 0 Å². The van der Waals surface area contributed by atoms with Crippen molar-refractivity contribution in [2.75, 3.05) is 0 Å². The topological polar surface area (TPSA) is 55.4 Å². The highest BCUT2D eigenvalue weighted by molar-refractivity contribution is 5.81. The molecule has 0 aliphatic heterocycles. The van der Waals surface area contributed by atoms with Gasteiger partial charge in [0.2, 0.25) is 0 Å². The smallest absolute Gasteiger partial charge is 0.407 e. The minimum atomic E-state index is -0.370. The third kappa shape index (κ3) is 6.52. The van der Waals surface area contributed by atoms with Crippen LogP contribution in [-0.2, 0) is 16.1 Å². The molecule has 138 valence electrons. The van der Waals surface area contributed by atoms with Crippen molar-refractivity contribution in [1.82, 2.24) is 5.32 Å². The molecular weight excluding hydrogens is 314 g/mol. The maximum atomic E-state index is 12.1. The third-order valence-electron chi connectivity index (χ3n) is 5.18. The minimum absolute atomic E-state index is 0.0789. The van der Waals surface area contributed by atoms with Crippen molar-refractivity contribution in [2.45, 2.75) is 71.4 Å². The largest absolute Gasteiger partial charge is 0.445 e. The Morgan fingerprint density at radius 3 is 2.72 bits per heavy atom. The molecule has 1 aromatic rings. The van der Waals surface area contributed by atoms with E-state index >= 15 is 0 Å². The first-order valence-corrected chi connectivity index (χ1v) is 9.60. The van der Waals surface area contributed by atoms with Gasteiger partial charge in [0.1, 0.15) is 12.4 Å². The Bertz CT molecular complexity index is 543. The first-order valence-electron chi connectivity index (χ1n) is 9.60. The van der Waals surface area contributed by atoms with E-state index in [1.54, 1.807) is 0 Å². The molecule has 1 aromatic carbocycles. The summed E-state index contributed by atoms with van der Waals surface area (Å²) in [4.78, 5) is 24.2. The van der Waals surface area contributed by atoms with Gasteiger partial charge < -0.3 is 10.1 Å². The van der Waals surface area contributed by atoms with Crippen LogP contribution in [0.1, 0.15) is 64.4 Å². The van der Waals surface area contributed by atoms with Gasteiger partial charge in [-0.25, -0.2) is 4.79 Å². The predicted octanol–water partition coefficient (Wildman–Crippen LogP) is 4.87. The van der Waals surface area contributed by atoms with Crippen molar-refractivity contribution in [3.63, 3.8) is 0 Å². The minimum Gasteiger partial charge on any atom is -0.445 e.